The Hall–Kier alpha value is -0.790. The Bertz CT molecular complexity index is 604. The fraction of sp³-hybridized carbons (Fsp3) is 0.333. The van der Waals surface area contributed by atoms with Gasteiger partial charge in [-0.1, -0.05) is 65.6 Å². The molecule has 0 saturated heterocycles. The van der Waals surface area contributed by atoms with Gasteiger partial charge in [0.15, 0.2) is 0 Å². The minimum absolute atomic E-state index is 0.218. The summed E-state index contributed by atoms with van der Waals surface area (Å²) in [6.07, 6.45) is 2.17. The number of aryl methyl sites for hydroxylation is 3. The molecule has 20 heavy (non-hydrogen) atoms. The summed E-state index contributed by atoms with van der Waals surface area (Å²) in [5, 5.41) is 0.793. The number of hydrogen-bond donors (Lipinski definition) is 0. The molecular formula is C18H20BrCl. The van der Waals surface area contributed by atoms with Gasteiger partial charge in [-0.05, 0) is 59.7 Å². The van der Waals surface area contributed by atoms with Crippen LogP contribution in [0.3, 0.4) is 0 Å². The van der Waals surface area contributed by atoms with Crippen molar-refractivity contribution in [3.63, 3.8) is 0 Å². The summed E-state index contributed by atoms with van der Waals surface area (Å²) in [6.45, 7) is 6.54. The monoisotopic (exact) mass is 350 g/mol. The minimum Gasteiger partial charge on any atom is -0.0843 e. The van der Waals surface area contributed by atoms with E-state index in [1.807, 2.05) is 12.1 Å². The quantitative estimate of drug-likeness (QED) is 0.570. The summed E-state index contributed by atoms with van der Waals surface area (Å²) >= 11 is 9.88. The average molecular weight is 352 g/mol. The van der Waals surface area contributed by atoms with E-state index < -0.39 is 0 Å². The lowest BCUT2D eigenvalue weighted by molar-refractivity contribution is 1.02. The molecule has 0 spiro atoms. The van der Waals surface area contributed by atoms with E-state index in [9.17, 15) is 0 Å². The molecule has 0 aliphatic carbocycles. The van der Waals surface area contributed by atoms with Crippen LogP contribution in [0.4, 0.5) is 0 Å². The predicted molar refractivity (Wildman–Crippen MR) is 92.2 cm³/mol. The molecule has 0 bridgehead atoms. The second-order valence-corrected chi connectivity index (χ2v) is 6.45. The minimum atomic E-state index is 0.218. The Morgan fingerprint density at radius 3 is 2.30 bits per heavy atom. The molecule has 0 aliphatic rings. The van der Waals surface area contributed by atoms with Crippen LogP contribution in [0.2, 0.25) is 5.02 Å². The van der Waals surface area contributed by atoms with Crippen LogP contribution < -0.4 is 0 Å². The molecule has 0 nitrogen and oxygen atoms in total. The lowest BCUT2D eigenvalue weighted by Crippen LogP contribution is -1.99. The first-order chi connectivity index (χ1) is 9.56. The van der Waals surface area contributed by atoms with E-state index in [1.54, 1.807) is 0 Å². The second kappa shape index (κ2) is 6.78. The molecule has 2 heteroatoms. The molecule has 0 amide bonds. The highest BCUT2D eigenvalue weighted by Crippen LogP contribution is 2.34. The van der Waals surface area contributed by atoms with Crippen LogP contribution in [-0.2, 0) is 12.8 Å². The van der Waals surface area contributed by atoms with Crippen LogP contribution in [0.1, 0.15) is 46.5 Å². The Labute approximate surface area is 135 Å². The summed E-state index contributed by atoms with van der Waals surface area (Å²) in [5.74, 6) is 0. The van der Waals surface area contributed by atoms with Gasteiger partial charge >= 0.3 is 0 Å². The molecule has 1 atom stereocenters. The van der Waals surface area contributed by atoms with Crippen molar-refractivity contribution in [3.05, 3.63) is 69.2 Å². The van der Waals surface area contributed by atoms with Crippen LogP contribution in [0.25, 0.3) is 0 Å². The summed E-state index contributed by atoms with van der Waals surface area (Å²) in [4.78, 5) is 0.218. The maximum absolute atomic E-state index is 6.04. The molecular weight excluding hydrogens is 332 g/mol. The van der Waals surface area contributed by atoms with Crippen molar-refractivity contribution in [2.45, 2.75) is 38.4 Å². The molecule has 0 heterocycles. The topological polar surface area (TPSA) is 0 Å². The molecule has 0 fully saturated rings. The third-order valence-electron chi connectivity index (χ3n) is 3.79. The van der Waals surface area contributed by atoms with E-state index in [-0.39, 0.29) is 4.83 Å². The number of rotatable bonds is 4. The highest BCUT2D eigenvalue weighted by Gasteiger charge is 2.14. The van der Waals surface area contributed by atoms with Crippen LogP contribution in [0.15, 0.2) is 36.4 Å². The first-order valence-electron chi connectivity index (χ1n) is 7.08. The first kappa shape index (κ1) is 15.6. The Balaban J connectivity index is 2.40. The molecule has 0 aromatic heterocycles. The number of benzene rings is 2. The van der Waals surface area contributed by atoms with Crippen molar-refractivity contribution in [3.8, 4) is 0 Å². The van der Waals surface area contributed by atoms with Crippen molar-refractivity contribution < 1.29 is 0 Å². The molecule has 106 valence electrons. The maximum Gasteiger partial charge on any atom is 0.0647 e. The molecule has 2 aromatic rings. The van der Waals surface area contributed by atoms with Crippen molar-refractivity contribution in [1.29, 1.82) is 0 Å². The van der Waals surface area contributed by atoms with Gasteiger partial charge in [-0.25, -0.2) is 0 Å². The summed E-state index contributed by atoms with van der Waals surface area (Å²) in [5.41, 5.74) is 6.70. The van der Waals surface area contributed by atoms with Crippen LogP contribution in [0.5, 0.6) is 0 Å². The van der Waals surface area contributed by atoms with Gasteiger partial charge in [0.25, 0.3) is 0 Å². The number of alkyl halides is 1. The van der Waals surface area contributed by atoms with E-state index >= 15 is 0 Å². The van der Waals surface area contributed by atoms with Crippen LogP contribution in [0, 0.1) is 6.92 Å². The van der Waals surface area contributed by atoms with Gasteiger partial charge in [-0.15, -0.1) is 0 Å². The zero-order valence-electron chi connectivity index (χ0n) is 12.2. The van der Waals surface area contributed by atoms with Gasteiger partial charge < -0.3 is 0 Å². The predicted octanol–water partition coefficient (Wildman–Crippen LogP) is 6.26. The van der Waals surface area contributed by atoms with Gasteiger partial charge in [-0.2, -0.15) is 0 Å². The van der Waals surface area contributed by atoms with E-state index in [0.717, 1.165) is 17.9 Å². The molecule has 2 aromatic carbocycles. The zero-order valence-corrected chi connectivity index (χ0v) is 14.6. The highest BCUT2D eigenvalue weighted by atomic mass is 79.9. The highest BCUT2D eigenvalue weighted by molar-refractivity contribution is 9.09. The van der Waals surface area contributed by atoms with Crippen molar-refractivity contribution >= 4 is 27.5 Å². The van der Waals surface area contributed by atoms with Gasteiger partial charge in [0.05, 0.1) is 4.83 Å². The fourth-order valence-corrected chi connectivity index (χ4v) is 3.61. The molecule has 0 aliphatic heterocycles. The smallest absolute Gasteiger partial charge is 0.0647 e. The number of hydrogen-bond acceptors (Lipinski definition) is 0. The van der Waals surface area contributed by atoms with Gasteiger partial charge in [0.1, 0.15) is 0 Å². The van der Waals surface area contributed by atoms with Gasteiger partial charge in [0, 0.05) is 5.02 Å². The third-order valence-corrected chi connectivity index (χ3v) is 5.05. The lowest BCUT2D eigenvalue weighted by Gasteiger charge is -2.16. The summed E-state index contributed by atoms with van der Waals surface area (Å²) in [7, 11) is 0. The lowest BCUT2D eigenvalue weighted by atomic mass is 9.95. The Morgan fingerprint density at radius 1 is 1.00 bits per heavy atom. The van der Waals surface area contributed by atoms with Gasteiger partial charge in [-0.3, -0.25) is 0 Å². The first-order valence-corrected chi connectivity index (χ1v) is 8.38. The van der Waals surface area contributed by atoms with Crippen LogP contribution >= 0.6 is 27.5 Å². The molecule has 0 radical (unpaired) electrons. The molecule has 0 saturated carbocycles. The third kappa shape index (κ3) is 3.27. The van der Waals surface area contributed by atoms with E-state index in [2.05, 4.69) is 61.0 Å². The Kier molecular flexibility index (Phi) is 5.29. The fourth-order valence-electron chi connectivity index (χ4n) is 2.58. The maximum atomic E-state index is 6.04. The standard InChI is InChI=1S/C18H20BrCl/c1-4-13-6-7-15(11-14(13)5-2)18(19)17-9-8-16(20)10-12(17)3/h6-11,18H,4-5H2,1-3H3. The van der Waals surface area contributed by atoms with Crippen molar-refractivity contribution in [2.24, 2.45) is 0 Å². The number of halogens is 2. The zero-order chi connectivity index (χ0) is 14.7. The SMILES string of the molecule is CCc1ccc(C(Br)c2ccc(Cl)cc2C)cc1CC. The van der Waals surface area contributed by atoms with Crippen LogP contribution in [-0.4, -0.2) is 0 Å². The van der Waals surface area contributed by atoms with E-state index in [4.69, 9.17) is 11.6 Å². The normalized spacial score (nSPS) is 12.4. The second-order valence-electron chi connectivity index (χ2n) is 5.10. The van der Waals surface area contributed by atoms with Gasteiger partial charge in [0.2, 0.25) is 0 Å². The molecule has 2 rings (SSSR count). The largest absolute Gasteiger partial charge is 0.0843 e. The molecule has 0 N–H and O–H groups in total. The average Bonchev–Trinajstić information content (AvgIpc) is 2.45. The van der Waals surface area contributed by atoms with Crippen molar-refractivity contribution in [1.82, 2.24) is 0 Å². The summed E-state index contributed by atoms with van der Waals surface area (Å²) in [6, 6.07) is 12.9. The molecule has 1 unspecified atom stereocenters. The Morgan fingerprint density at radius 2 is 1.70 bits per heavy atom. The summed E-state index contributed by atoms with van der Waals surface area (Å²) < 4.78 is 0. The van der Waals surface area contributed by atoms with Crippen molar-refractivity contribution in [2.75, 3.05) is 0 Å². The van der Waals surface area contributed by atoms with E-state index in [0.29, 0.717) is 0 Å². The van der Waals surface area contributed by atoms with E-state index in [1.165, 1.54) is 27.8 Å².